The summed E-state index contributed by atoms with van der Waals surface area (Å²) < 4.78 is 16.4. The highest BCUT2D eigenvalue weighted by atomic mass is 35.5. The van der Waals surface area contributed by atoms with Crippen LogP contribution in [-0.4, -0.2) is 54.7 Å². The summed E-state index contributed by atoms with van der Waals surface area (Å²) >= 11 is 8.25. The molecule has 0 radical (unpaired) electrons. The quantitative estimate of drug-likeness (QED) is 0.421. The van der Waals surface area contributed by atoms with Crippen molar-refractivity contribution in [3.8, 4) is 22.8 Å². The van der Waals surface area contributed by atoms with Crippen LogP contribution >= 0.6 is 23.4 Å². The van der Waals surface area contributed by atoms with Crippen LogP contribution in [0.25, 0.3) is 22.2 Å². The lowest BCUT2D eigenvalue weighted by Gasteiger charge is -2.28. The van der Waals surface area contributed by atoms with E-state index in [-0.39, 0.29) is 6.04 Å². The van der Waals surface area contributed by atoms with Gasteiger partial charge in [-0.3, -0.25) is 0 Å². The maximum Gasteiger partial charge on any atom is 0.187 e. The van der Waals surface area contributed by atoms with E-state index < -0.39 is 0 Å². The maximum absolute atomic E-state index is 6.76. The number of benzene rings is 1. The van der Waals surface area contributed by atoms with Gasteiger partial charge in [-0.05, 0) is 18.7 Å². The molecular formula is C21H23ClN4O3S. The first-order chi connectivity index (χ1) is 14.6. The van der Waals surface area contributed by atoms with Gasteiger partial charge in [0.1, 0.15) is 17.0 Å². The molecule has 0 unspecified atom stereocenters. The van der Waals surface area contributed by atoms with Crippen LogP contribution in [-0.2, 0) is 11.2 Å². The molecule has 3 heterocycles. The fourth-order valence-electron chi connectivity index (χ4n) is 3.46. The van der Waals surface area contributed by atoms with Crippen molar-refractivity contribution in [1.29, 1.82) is 0 Å². The first kappa shape index (κ1) is 21.0. The van der Waals surface area contributed by atoms with E-state index in [1.165, 1.54) is 11.8 Å². The average Bonchev–Trinajstić information content (AvgIpc) is 2.75. The van der Waals surface area contributed by atoms with Crippen LogP contribution < -0.4 is 14.8 Å². The van der Waals surface area contributed by atoms with Gasteiger partial charge in [-0.15, -0.1) is 0 Å². The average molecular weight is 447 g/mol. The predicted octanol–water partition coefficient (Wildman–Crippen LogP) is 4.46. The van der Waals surface area contributed by atoms with Crippen LogP contribution in [0.1, 0.15) is 12.5 Å². The van der Waals surface area contributed by atoms with Gasteiger partial charge in [0.05, 0.1) is 44.2 Å². The Morgan fingerprint density at radius 3 is 2.57 bits per heavy atom. The highest BCUT2D eigenvalue weighted by molar-refractivity contribution is 7.98. The molecule has 158 valence electrons. The monoisotopic (exact) mass is 446 g/mol. The Hall–Kier alpha value is -2.29. The Morgan fingerprint density at radius 1 is 1.20 bits per heavy atom. The van der Waals surface area contributed by atoms with Crippen molar-refractivity contribution in [3.05, 3.63) is 28.9 Å². The summed E-state index contributed by atoms with van der Waals surface area (Å²) in [5, 5.41) is 5.53. The van der Waals surface area contributed by atoms with E-state index in [0.29, 0.717) is 46.4 Å². The lowest BCUT2D eigenvalue weighted by molar-refractivity contribution is 0.0210. The normalized spacial score (nSPS) is 13.9. The molecule has 1 N–H and O–H groups in total. The van der Waals surface area contributed by atoms with E-state index in [9.17, 15) is 0 Å². The van der Waals surface area contributed by atoms with E-state index in [1.807, 2.05) is 24.6 Å². The molecule has 1 aliphatic rings. The number of hydrogen-bond donors (Lipinski definition) is 1. The summed E-state index contributed by atoms with van der Waals surface area (Å²) in [6.45, 7) is 3.34. The highest BCUT2D eigenvalue weighted by Gasteiger charge is 2.24. The van der Waals surface area contributed by atoms with Gasteiger partial charge in [0.25, 0.3) is 0 Å². The fraction of sp³-hybridized carbons (Fsp3) is 0.381. The summed E-state index contributed by atoms with van der Waals surface area (Å²) in [4.78, 5) is 14.0. The molecule has 0 saturated carbocycles. The standard InChI is InChI=1S/C21H23ClN4O3S/c1-5-13-15(27-2)7-16(28-3)18(22)17(13)14-6-11-8-23-21(30-4)26-19(11)20(25-14)24-12-9-29-10-12/h6-8,12H,5,9-10H2,1-4H3,(H,24,25). The van der Waals surface area contributed by atoms with Gasteiger partial charge in [-0.25, -0.2) is 15.0 Å². The number of aromatic nitrogens is 3. The van der Waals surface area contributed by atoms with Crippen molar-refractivity contribution in [2.24, 2.45) is 0 Å². The molecule has 4 rings (SSSR count). The van der Waals surface area contributed by atoms with E-state index in [0.717, 1.165) is 28.5 Å². The Kier molecular flexibility index (Phi) is 6.17. The van der Waals surface area contributed by atoms with Gasteiger partial charge >= 0.3 is 0 Å². The second kappa shape index (κ2) is 8.83. The van der Waals surface area contributed by atoms with Gasteiger partial charge in [0, 0.05) is 28.8 Å². The molecule has 1 aliphatic heterocycles. The first-order valence-corrected chi connectivity index (χ1v) is 11.2. The second-order valence-corrected chi connectivity index (χ2v) is 7.98. The zero-order chi connectivity index (χ0) is 21.3. The largest absolute Gasteiger partial charge is 0.496 e. The molecule has 2 aromatic heterocycles. The summed E-state index contributed by atoms with van der Waals surface area (Å²) in [6.07, 6.45) is 4.49. The summed E-state index contributed by atoms with van der Waals surface area (Å²) in [5.74, 6) is 1.94. The highest BCUT2D eigenvalue weighted by Crippen LogP contribution is 2.44. The van der Waals surface area contributed by atoms with Crippen molar-refractivity contribution in [3.63, 3.8) is 0 Å². The van der Waals surface area contributed by atoms with Gasteiger partial charge in [0.15, 0.2) is 11.0 Å². The number of methoxy groups -OCH3 is 2. The summed E-state index contributed by atoms with van der Waals surface area (Å²) in [5.41, 5.74) is 3.24. The topological polar surface area (TPSA) is 78.4 Å². The number of fused-ring (bicyclic) bond motifs is 1. The van der Waals surface area contributed by atoms with Gasteiger partial charge in [-0.1, -0.05) is 30.3 Å². The zero-order valence-electron chi connectivity index (χ0n) is 17.3. The van der Waals surface area contributed by atoms with Crippen LogP contribution in [0.5, 0.6) is 11.5 Å². The fourth-order valence-corrected chi connectivity index (χ4v) is 4.14. The number of anilines is 1. The minimum atomic E-state index is 0.199. The molecule has 0 atom stereocenters. The lowest BCUT2D eigenvalue weighted by Crippen LogP contribution is -2.40. The third-order valence-corrected chi connectivity index (χ3v) is 5.99. The van der Waals surface area contributed by atoms with Crippen LogP contribution in [0.3, 0.4) is 0 Å². The molecule has 7 nitrogen and oxygen atoms in total. The summed E-state index contributed by atoms with van der Waals surface area (Å²) in [6, 6.07) is 3.97. The Morgan fingerprint density at radius 2 is 1.97 bits per heavy atom. The SMILES string of the molecule is CCc1c(OC)cc(OC)c(Cl)c1-c1cc2cnc(SC)nc2c(NC2COC2)n1. The number of halogens is 1. The number of hydrogen-bond acceptors (Lipinski definition) is 8. The Balaban J connectivity index is 1.97. The molecule has 0 spiro atoms. The van der Waals surface area contributed by atoms with Gasteiger partial charge in [0.2, 0.25) is 0 Å². The van der Waals surface area contributed by atoms with Gasteiger partial charge < -0.3 is 19.5 Å². The van der Waals surface area contributed by atoms with Crippen LogP contribution in [0.2, 0.25) is 5.02 Å². The molecular weight excluding hydrogens is 424 g/mol. The molecule has 30 heavy (non-hydrogen) atoms. The molecule has 1 saturated heterocycles. The number of rotatable bonds is 7. The number of pyridine rings is 1. The first-order valence-electron chi connectivity index (χ1n) is 9.59. The molecule has 0 amide bonds. The molecule has 0 bridgehead atoms. The van der Waals surface area contributed by atoms with Gasteiger partial charge in [-0.2, -0.15) is 0 Å². The third kappa shape index (κ3) is 3.75. The molecule has 1 fully saturated rings. The number of thioether (sulfide) groups is 1. The molecule has 1 aromatic carbocycles. The third-order valence-electron chi connectivity index (χ3n) is 5.05. The van der Waals surface area contributed by atoms with E-state index in [2.05, 4.69) is 22.2 Å². The van der Waals surface area contributed by atoms with Crippen molar-refractivity contribution < 1.29 is 14.2 Å². The molecule has 3 aromatic rings. The van der Waals surface area contributed by atoms with Crippen molar-refractivity contribution >= 4 is 40.1 Å². The van der Waals surface area contributed by atoms with Crippen molar-refractivity contribution in [2.45, 2.75) is 24.5 Å². The predicted molar refractivity (Wildman–Crippen MR) is 120 cm³/mol. The van der Waals surface area contributed by atoms with Crippen LogP contribution in [0.4, 0.5) is 5.82 Å². The van der Waals surface area contributed by atoms with E-state index >= 15 is 0 Å². The van der Waals surface area contributed by atoms with E-state index in [4.69, 9.17) is 30.8 Å². The van der Waals surface area contributed by atoms with Crippen molar-refractivity contribution in [1.82, 2.24) is 15.0 Å². The van der Waals surface area contributed by atoms with Crippen LogP contribution in [0, 0.1) is 0 Å². The Labute approximate surface area is 184 Å². The smallest absolute Gasteiger partial charge is 0.187 e. The number of ether oxygens (including phenoxy) is 3. The number of nitrogens with zero attached hydrogens (tertiary/aromatic N) is 3. The van der Waals surface area contributed by atoms with Crippen molar-refractivity contribution in [2.75, 3.05) is 39.0 Å². The van der Waals surface area contributed by atoms with E-state index in [1.54, 1.807) is 14.2 Å². The zero-order valence-corrected chi connectivity index (χ0v) is 18.9. The maximum atomic E-state index is 6.76. The minimum absolute atomic E-state index is 0.199. The number of nitrogens with one attached hydrogen (secondary N) is 1. The summed E-state index contributed by atoms with van der Waals surface area (Å²) in [7, 11) is 3.23. The second-order valence-electron chi connectivity index (χ2n) is 6.83. The minimum Gasteiger partial charge on any atom is -0.496 e. The molecule has 9 heteroatoms. The Bertz CT molecular complexity index is 1090. The lowest BCUT2D eigenvalue weighted by atomic mass is 9.99. The molecule has 0 aliphatic carbocycles. The van der Waals surface area contributed by atoms with Crippen LogP contribution in [0.15, 0.2) is 23.5 Å².